The third-order valence-electron chi connectivity index (χ3n) is 6.18. The van der Waals surface area contributed by atoms with Crippen molar-refractivity contribution in [3.05, 3.63) is 72.3 Å². The van der Waals surface area contributed by atoms with Crippen molar-refractivity contribution < 1.29 is 47.2 Å². The maximum atomic E-state index is 13.5. The van der Waals surface area contributed by atoms with E-state index in [9.17, 15) is 33.0 Å². The number of rotatable bonds is 8. The summed E-state index contributed by atoms with van der Waals surface area (Å²) in [5.41, 5.74) is -2.11. The molecule has 0 spiro atoms. The van der Waals surface area contributed by atoms with Crippen LogP contribution in [-0.4, -0.2) is 57.0 Å². The van der Waals surface area contributed by atoms with Crippen molar-refractivity contribution in [3.8, 4) is 23.0 Å². The molecule has 2 aromatic carbocycles. The number of carbonyl (C=O) groups excluding carboxylic acids is 2. The van der Waals surface area contributed by atoms with E-state index in [1.165, 1.54) is 56.2 Å². The highest BCUT2D eigenvalue weighted by Gasteiger charge is 2.51. The number of carbonyl (C=O) groups is 2. The van der Waals surface area contributed by atoms with Crippen molar-refractivity contribution in [2.24, 2.45) is 0 Å². The Morgan fingerprint density at radius 2 is 1.62 bits per heavy atom. The monoisotopic (exact) mass is 562 g/mol. The molecule has 0 unspecified atom stereocenters. The van der Waals surface area contributed by atoms with Gasteiger partial charge in [-0.3, -0.25) is 4.79 Å². The zero-order chi connectivity index (χ0) is 28.9. The number of hydrogen-bond donors (Lipinski definition) is 4. The fourth-order valence-corrected chi connectivity index (χ4v) is 4.18. The van der Waals surface area contributed by atoms with Gasteiger partial charge in [0.25, 0.3) is 0 Å². The first-order chi connectivity index (χ1) is 19.0. The Morgan fingerprint density at radius 1 is 1.00 bits per heavy atom. The number of ether oxygens (including phenoxy) is 3. The van der Waals surface area contributed by atoms with E-state index in [-0.39, 0.29) is 36.6 Å². The SMILES string of the molecule is COc1ccc(Oc2ccc(CNC(=O)C3(NC(=O)Oc4cncnc4)C[C@H](O)[C@@H](O)C3)cc2)c(C(F)(F)F)c1. The molecule has 11 nitrogen and oxygen atoms in total. The highest BCUT2D eigenvalue weighted by atomic mass is 19.4. The van der Waals surface area contributed by atoms with Crippen molar-refractivity contribution >= 4 is 12.0 Å². The van der Waals surface area contributed by atoms with E-state index < -0.39 is 47.2 Å². The zero-order valence-electron chi connectivity index (χ0n) is 21.0. The maximum absolute atomic E-state index is 13.5. The Hall–Kier alpha value is -4.43. The molecule has 1 heterocycles. The van der Waals surface area contributed by atoms with Crippen molar-refractivity contribution in [1.29, 1.82) is 0 Å². The Labute approximate surface area is 225 Å². The summed E-state index contributed by atoms with van der Waals surface area (Å²) in [6.45, 7) is -0.0351. The number of methoxy groups -OCH3 is 1. The van der Waals surface area contributed by atoms with Gasteiger partial charge in [0.1, 0.15) is 34.7 Å². The van der Waals surface area contributed by atoms with Gasteiger partial charge in [0.15, 0.2) is 5.75 Å². The molecule has 1 fully saturated rings. The van der Waals surface area contributed by atoms with Crippen LogP contribution in [0.5, 0.6) is 23.0 Å². The number of amides is 2. The van der Waals surface area contributed by atoms with Crippen LogP contribution in [-0.2, 0) is 17.5 Å². The first-order valence-corrected chi connectivity index (χ1v) is 11.9. The lowest BCUT2D eigenvalue weighted by Crippen LogP contribution is -2.58. The lowest BCUT2D eigenvalue weighted by Gasteiger charge is -2.28. The summed E-state index contributed by atoms with van der Waals surface area (Å²) in [5.74, 6) is -0.914. The lowest BCUT2D eigenvalue weighted by atomic mass is 9.96. The summed E-state index contributed by atoms with van der Waals surface area (Å²) in [4.78, 5) is 33.0. The predicted molar refractivity (Wildman–Crippen MR) is 132 cm³/mol. The molecule has 0 saturated heterocycles. The number of nitrogens with one attached hydrogen (secondary N) is 2. The molecule has 212 valence electrons. The second-order valence-corrected chi connectivity index (χ2v) is 9.00. The van der Waals surface area contributed by atoms with Gasteiger partial charge in [-0.25, -0.2) is 14.8 Å². The van der Waals surface area contributed by atoms with Crippen molar-refractivity contribution in [2.45, 2.75) is 43.3 Å². The number of nitrogens with zero attached hydrogens (tertiary/aromatic N) is 2. The van der Waals surface area contributed by atoms with E-state index in [1.807, 2.05) is 0 Å². The first-order valence-electron chi connectivity index (χ1n) is 11.9. The van der Waals surface area contributed by atoms with Gasteiger partial charge in [-0.15, -0.1) is 0 Å². The van der Waals surface area contributed by atoms with Crippen LogP contribution in [0.1, 0.15) is 24.0 Å². The van der Waals surface area contributed by atoms with Crippen LogP contribution in [0.25, 0.3) is 0 Å². The van der Waals surface area contributed by atoms with Crippen LogP contribution >= 0.6 is 0 Å². The van der Waals surface area contributed by atoms with E-state index in [1.54, 1.807) is 0 Å². The van der Waals surface area contributed by atoms with Gasteiger partial charge in [0.2, 0.25) is 5.91 Å². The molecular weight excluding hydrogens is 537 g/mol. The van der Waals surface area contributed by atoms with Gasteiger partial charge in [0, 0.05) is 19.4 Å². The minimum absolute atomic E-state index is 0.0222. The Bertz CT molecular complexity index is 1330. The van der Waals surface area contributed by atoms with E-state index >= 15 is 0 Å². The third-order valence-corrected chi connectivity index (χ3v) is 6.18. The van der Waals surface area contributed by atoms with E-state index in [2.05, 4.69) is 20.6 Å². The minimum Gasteiger partial charge on any atom is -0.497 e. The molecule has 4 rings (SSSR count). The van der Waals surface area contributed by atoms with Gasteiger partial charge < -0.3 is 35.1 Å². The van der Waals surface area contributed by atoms with Gasteiger partial charge in [-0.05, 0) is 35.9 Å². The Balaban J connectivity index is 1.41. The lowest BCUT2D eigenvalue weighted by molar-refractivity contribution is -0.138. The molecule has 1 aliphatic carbocycles. The summed E-state index contributed by atoms with van der Waals surface area (Å²) in [5, 5.41) is 25.2. The summed E-state index contributed by atoms with van der Waals surface area (Å²) >= 11 is 0. The van der Waals surface area contributed by atoms with Crippen molar-refractivity contribution in [2.75, 3.05) is 7.11 Å². The van der Waals surface area contributed by atoms with E-state index in [0.29, 0.717) is 5.56 Å². The molecule has 3 aromatic rings. The molecule has 40 heavy (non-hydrogen) atoms. The fourth-order valence-electron chi connectivity index (χ4n) is 4.18. The van der Waals surface area contributed by atoms with Crippen LogP contribution in [0.4, 0.5) is 18.0 Å². The number of benzene rings is 2. The van der Waals surface area contributed by atoms with Gasteiger partial charge in [-0.2, -0.15) is 13.2 Å². The summed E-state index contributed by atoms with van der Waals surface area (Å²) in [6, 6.07) is 9.28. The minimum atomic E-state index is -4.67. The second-order valence-electron chi connectivity index (χ2n) is 9.00. The smallest absolute Gasteiger partial charge is 0.420 e. The average molecular weight is 563 g/mol. The van der Waals surface area contributed by atoms with Gasteiger partial charge >= 0.3 is 12.3 Å². The predicted octanol–water partition coefficient (Wildman–Crippen LogP) is 2.96. The fraction of sp³-hybridized carbons (Fsp3) is 0.308. The largest absolute Gasteiger partial charge is 0.497 e. The number of halogens is 3. The Kier molecular flexibility index (Phi) is 8.40. The summed E-state index contributed by atoms with van der Waals surface area (Å²) in [7, 11) is 1.26. The van der Waals surface area contributed by atoms with Gasteiger partial charge in [-0.1, -0.05) is 12.1 Å². The van der Waals surface area contributed by atoms with Crippen molar-refractivity contribution in [3.63, 3.8) is 0 Å². The quantitative estimate of drug-likeness (QED) is 0.325. The first kappa shape index (κ1) is 28.6. The van der Waals surface area contributed by atoms with Crippen LogP contribution in [0.15, 0.2) is 61.2 Å². The van der Waals surface area contributed by atoms with Crippen LogP contribution in [0, 0.1) is 0 Å². The number of hydrogen-bond acceptors (Lipinski definition) is 9. The maximum Gasteiger partial charge on any atom is 0.420 e. The highest BCUT2D eigenvalue weighted by molar-refractivity contribution is 5.91. The normalized spacial score (nSPS) is 18.1. The molecule has 0 radical (unpaired) electrons. The third kappa shape index (κ3) is 6.76. The molecule has 1 aliphatic rings. The second kappa shape index (κ2) is 11.8. The Morgan fingerprint density at radius 3 is 2.23 bits per heavy atom. The number of aromatic nitrogens is 2. The molecule has 4 N–H and O–H groups in total. The molecule has 14 heteroatoms. The molecular formula is C26H25F3N4O7. The highest BCUT2D eigenvalue weighted by Crippen LogP contribution is 2.40. The van der Waals surface area contributed by atoms with Gasteiger partial charge in [0.05, 0.1) is 31.7 Å². The number of aliphatic hydroxyl groups is 2. The average Bonchev–Trinajstić information content (AvgIpc) is 3.21. The molecule has 1 saturated carbocycles. The van der Waals surface area contributed by atoms with Crippen molar-refractivity contribution in [1.82, 2.24) is 20.6 Å². The van der Waals surface area contributed by atoms with E-state index in [0.717, 1.165) is 12.1 Å². The molecule has 0 aliphatic heterocycles. The van der Waals surface area contributed by atoms with Crippen LogP contribution in [0.3, 0.4) is 0 Å². The summed E-state index contributed by atoms with van der Waals surface area (Å²) < 4.78 is 55.8. The van der Waals surface area contributed by atoms with Crippen LogP contribution < -0.4 is 24.8 Å². The molecule has 2 atom stereocenters. The topological polar surface area (TPSA) is 152 Å². The molecule has 1 aromatic heterocycles. The molecule has 2 amide bonds. The van der Waals surface area contributed by atoms with Crippen LogP contribution in [0.2, 0.25) is 0 Å². The standard InChI is InChI=1S/C26H25F3N4O7/c1-38-17-6-7-22(19(8-17)26(27,28)29)39-16-4-2-15(3-5-16)11-32-23(36)25(9-20(34)21(35)10-25)33-24(37)40-18-12-30-14-31-13-18/h2-8,12-14,20-21,34-35H,9-11H2,1H3,(H,32,36)(H,33,37)/t20-,21-/m0/s1. The molecule has 0 bridgehead atoms. The number of alkyl halides is 3. The van der Waals surface area contributed by atoms with E-state index in [4.69, 9.17) is 14.2 Å². The number of aliphatic hydroxyl groups excluding tert-OH is 2. The zero-order valence-corrected chi connectivity index (χ0v) is 21.0. The summed E-state index contributed by atoms with van der Waals surface area (Å²) in [6.07, 6.45) is -5.02.